The first-order valence-electron chi connectivity index (χ1n) is 6.48. The van der Waals surface area contributed by atoms with Crippen molar-refractivity contribution in [2.24, 2.45) is 0 Å². The molecule has 17 heavy (non-hydrogen) atoms. The molecule has 2 atom stereocenters. The molecule has 0 aromatic rings. The quantitative estimate of drug-likeness (QED) is 0.558. The van der Waals surface area contributed by atoms with Crippen LogP contribution in [0, 0.1) is 0 Å². The van der Waals surface area contributed by atoms with Crippen LogP contribution in [0.5, 0.6) is 0 Å². The maximum atomic E-state index is 6.25. The molecule has 0 amide bonds. The van der Waals surface area contributed by atoms with E-state index in [-0.39, 0.29) is 16.7 Å². The van der Waals surface area contributed by atoms with E-state index in [4.69, 9.17) is 9.16 Å². The maximum absolute atomic E-state index is 6.25. The molecule has 0 bridgehead atoms. The van der Waals surface area contributed by atoms with E-state index in [0.29, 0.717) is 6.61 Å². The molecule has 0 aromatic carbocycles. The molecule has 100 valence electrons. The van der Waals surface area contributed by atoms with Gasteiger partial charge in [-0.05, 0) is 50.6 Å². The summed E-state index contributed by atoms with van der Waals surface area (Å²) in [6.07, 6.45) is 2.44. The van der Waals surface area contributed by atoms with E-state index in [1.165, 1.54) is 5.57 Å². The highest BCUT2D eigenvalue weighted by Gasteiger charge is 2.40. The Morgan fingerprint density at radius 3 is 2.29 bits per heavy atom. The van der Waals surface area contributed by atoms with Crippen molar-refractivity contribution in [3.8, 4) is 0 Å². The largest absolute Gasteiger partial charge is 0.414 e. The SMILES string of the molecule is CC1=C[C@@](C)(CO[Si](C)(C)C(C)(C)C)O[C@H]1C. The highest BCUT2D eigenvalue weighted by Crippen LogP contribution is 2.38. The van der Waals surface area contributed by atoms with Crippen LogP contribution >= 0.6 is 0 Å². The van der Waals surface area contributed by atoms with Crippen molar-refractivity contribution in [1.29, 1.82) is 0 Å². The van der Waals surface area contributed by atoms with Gasteiger partial charge in [-0.2, -0.15) is 0 Å². The Morgan fingerprint density at radius 1 is 1.41 bits per heavy atom. The minimum absolute atomic E-state index is 0.225. The second-order valence-electron chi connectivity index (χ2n) is 7.01. The molecule has 0 saturated heterocycles. The predicted octanol–water partition coefficient (Wildman–Crippen LogP) is 4.13. The fourth-order valence-corrected chi connectivity index (χ4v) is 2.83. The molecule has 0 saturated carbocycles. The van der Waals surface area contributed by atoms with Crippen molar-refractivity contribution in [1.82, 2.24) is 0 Å². The van der Waals surface area contributed by atoms with Crippen molar-refractivity contribution in [2.75, 3.05) is 6.61 Å². The van der Waals surface area contributed by atoms with Crippen molar-refractivity contribution in [2.45, 2.75) is 71.4 Å². The minimum Gasteiger partial charge on any atom is -0.414 e. The Labute approximate surface area is 108 Å². The highest BCUT2D eigenvalue weighted by atomic mass is 28.4. The molecular weight excluding hydrogens is 228 g/mol. The molecule has 1 aliphatic heterocycles. The van der Waals surface area contributed by atoms with E-state index in [1.807, 2.05) is 0 Å². The molecule has 3 heteroatoms. The third-order valence-electron chi connectivity index (χ3n) is 4.15. The van der Waals surface area contributed by atoms with Gasteiger partial charge in [-0.15, -0.1) is 0 Å². The van der Waals surface area contributed by atoms with Crippen LogP contribution in [0.3, 0.4) is 0 Å². The molecule has 0 N–H and O–H groups in total. The van der Waals surface area contributed by atoms with E-state index in [0.717, 1.165) is 0 Å². The topological polar surface area (TPSA) is 18.5 Å². The first kappa shape index (κ1) is 14.9. The smallest absolute Gasteiger partial charge is 0.192 e. The van der Waals surface area contributed by atoms with Gasteiger partial charge in [0.05, 0.1) is 12.7 Å². The molecule has 1 rings (SSSR count). The summed E-state index contributed by atoms with van der Waals surface area (Å²) in [5, 5.41) is 0.256. The molecule has 0 aromatic heterocycles. The van der Waals surface area contributed by atoms with Gasteiger partial charge in [0.15, 0.2) is 8.32 Å². The van der Waals surface area contributed by atoms with Crippen LogP contribution < -0.4 is 0 Å². The first-order valence-corrected chi connectivity index (χ1v) is 9.39. The predicted molar refractivity (Wildman–Crippen MR) is 75.9 cm³/mol. The summed E-state index contributed by atoms with van der Waals surface area (Å²) >= 11 is 0. The van der Waals surface area contributed by atoms with Crippen LogP contribution in [0.4, 0.5) is 0 Å². The zero-order chi connectivity index (χ0) is 13.5. The second kappa shape index (κ2) is 4.52. The number of hydrogen-bond acceptors (Lipinski definition) is 2. The molecule has 2 nitrogen and oxygen atoms in total. The number of ether oxygens (including phenoxy) is 1. The molecular formula is C14H28O2Si. The third-order valence-corrected chi connectivity index (χ3v) is 8.62. The summed E-state index contributed by atoms with van der Waals surface area (Å²) < 4.78 is 12.2. The van der Waals surface area contributed by atoms with Gasteiger partial charge in [-0.3, -0.25) is 0 Å². The first-order chi connectivity index (χ1) is 7.47. The van der Waals surface area contributed by atoms with Crippen LogP contribution in [0.2, 0.25) is 18.1 Å². The fourth-order valence-electron chi connectivity index (χ4n) is 1.75. The van der Waals surface area contributed by atoms with Crippen molar-refractivity contribution in [3.63, 3.8) is 0 Å². The third kappa shape index (κ3) is 3.43. The summed E-state index contributed by atoms with van der Waals surface area (Å²) in [6, 6.07) is 0. The summed E-state index contributed by atoms with van der Waals surface area (Å²) in [7, 11) is -1.67. The molecule has 1 aliphatic rings. The van der Waals surface area contributed by atoms with Crippen LogP contribution in [0.25, 0.3) is 0 Å². The maximum Gasteiger partial charge on any atom is 0.192 e. The van der Waals surface area contributed by atoms with Gasteiger partial charge in [-0.1, -0.05) is 20.8 Å². The Balaban J connectivity index is 2.64. The Morgan fingerprint density at radius 2 is 1.94 bits per heavy atom. The van der Waals surface area contributed by atoms with Gasteiger partial charge in [0.1, 0.15) is 5.60 Å². The van der Waals surface area contributed by atoms with Crippen molar-refractivity contribution < 1.29 is 9.16 Å². The zero-order valence-electron chi connectivity index (χ0n) is 12.7. The fraction of sp³-hybridized carbons (Fsp3) is 0.857. The molecule has 0 spiro atoms. The second-order valence-corrected chi connectivity index (χ2v) is 11.8. The Kier molecular flexibility index (Phi) is 3.97. The van der Waals surface area contributed by atoms with E-state index < -0.39 is 8.32 Å². The van der Waals surface area contributed by atoms with E-state index in [1.54, 1.807) is 0 Å². The van der Waals surface area contributed by atoms with Crippen LogP contribution in [0.15, 0.2) is 11.6 Å². The Hall–Kier alpha value is -0.123. The van der Waals surface area contributed by atoms with Gasteiger partial charge >= 0.3 is 0 Å². The molecule has 0 fully saturated rings. The number of hydrogen-bond donors (Lipinski definition) is 0. The van der Waals surface area contributed by atoms with Crippen molar-refractivity contribution in [3.05, 3.63) is 11.6 Å². The van der Waals surface area contributed by atoms with E-state index in [9.17, 15) is 0 Å². The molecule has 1 heterocycles. The van der Waals surface area contributed by atoms with E-state index >= 15 is 0 Å². The number of rotatable bonds is 3. The summed E-state index contributed by atoms with van der Waals surface area (Å²) in [5.74, 6) is 0. The average Bonchev–Trinajstić information content (AvgIpc) is 2.37. The van der Waals surface area contributed by atoms with Gasteiger partial charge in [0.2, 0.25) is 0 Å². The Bertz CT molecular complexity index is 315. The standard InChI is InChI=1S/C14H28O2Si/c1-11-9-14(6,16-12(11)2)10-15-17(7,8)13(3,4)5/h9,12H,10H2,1-8H3/t12-,14-/m0/s1. The summed E-state index contributed by atoms with van der Waals surface area (Å²) in [6.45, 7) is 18.4. The molecule has 0 unspecified atom stereocenters. The lowest BCUT2D eigenvalue weighted by Gasteiger charge is -2.38. The van der Waals surface area contributed by atoms with Crippen LogP contribution in [-0.2, 0) is 9.16 Å². The highest BCUT2D eigenvalue weighted by molar-refractivity contribution is 6.74. The normalized spacial score (nSPS) is 30.6. The van der Waals surface area contributed by atoms with Crippen molar-refractivity contribution >= 4 is 8.32 Å². The lowest BCUT2D eigenvalue weighted by molar-refractivity contribution is -0.0362. The van der Waals surface area contributed by atoms with Gasteiger partial charge < -0.3 is 9.16 Å². The monoisotopic (exact) mass is 256 g/mol. The van der Waals surface area contributed by atoms with Crippen LogP contribution in [-0.4, -0.2) is 26.6 Å². The molecule has 0 radical (unpaired) electrons. The van der Waals surface area contributed by atoms with Gasteiger partial charge in [-0.25, -0.2) is 0 Å². The summed E-state index contributed by atoms with van der Waals surface area (Å²) in [4.78, 5) is 0. The lowest BCUT2D eigenvalue weighted by atomic mass is 10.1. The zero-order valence-corrected chi connectivity index (χ0v) is 13.7. The average molecular weight is 256 g/mol. The minimum atomic E-state index is -1.67. The van der Waals surface area contributed by atoms with Gasteiger partial charge in [0, 0.05) is 0 Å². The lowest BCUT2D eigenvalue weighted by Crippen LogP contribution is -2.45. The van der Waals surface area contributed by atoms with E-state index in [2.05, 4.69) is 60.7 Å². The summed E-state index contributed by atoms with van der Waals surface area (Å²) in [5.41, 5.74) is 1.07. The molecule has 0 aliphatic carbocycles. The van der Waals surface area contributed by atoms with Crippen LogP contribution in [0.1, 0.15) is 41.5 Å². The van der Waals surface area contributed by atoms with Gasteiger partial charge in [0.25, 0.3) is 0 Å².